The van der Waals surface area contributed by atoms with Crippen LogP contribution in [0.4, 0.5) is 0 Å². The van der Waals surface area contributed by atoms with Gasteiger partial charge in [-0.1, -0.05) is 12.2 Å². The van der Waals surface area contributed by atoms with E-state index in [1.165, 1.54) is 6.42 Å². The predicted molar refractivity (Wildman–Crippen MR) is 52.2 cm³/mol. The highest BCUT2D eigenvalue weighted by molar-refractivity contribution is 7.99. The molecule has 0 spiro atoms. The van der Waals surface area contributed by atoms with Gasteiger partial charge < -0.3 is 0 Å². The SMILES string of the molecule is CS[C@@H]1[C@H](C(C)=O)[C@@H]2C=C[C@H]1C2. The molecule has 2 heteroatoms. The van der Waals surface area contributed by atoms with Crippen molar-refractivity contribution in [2.24, 2.45) is 17.8 Å². The molecular formula is C10H14OS. The maximum atomic E-state index is 11.4. The lowest BCUT2D eigenvalue weighted by atomic mass is 9.90. The molecule has 2 bridgehead atoms. The number of Topliss-reactive ketones (excluding diaryl/α,β-unsaturated/α-hetero) is 1. The topological polar surface area (TPSA) is 17.1 Å². The van der Waals surface area contributed by atoms with Crippen LogP contribution in [0.5, 0.6) is 0 Å². The molecule has 0 N–H and O–H groups in total. The van der Waals surface area contributed by atoms with Crippen molar-refractivity contribution < 1.29 is 4.79 Å². The molecule has 66 valence electrons. The number of allylic oxidation sites excluding steroid dienone is 2. The molecule has 12 heavy (non-hydrogen) atoms. The van der Waals surface area contributed by atoms with Crippen LogP contribution in [-0.2, 0) is 4.79 Å². The first-order chi connectivity index (χ1) is 5.74. The van der Waals surface area contributed by atoms with Gasteiger partial charge in [0.1, 0.15) is 5.78 Å². The minimum atomic E-state index is 0.315. The van der Waals surface area contributed by atoms with Gasteiger partial charge in [-0.3, -0.25) is 4.79 Å². The van der Waals surface area contributed by atoms with E-state index in [2.05, 4.69) is 18.4 Å². The smallest absolute Gasteiger partial charge is 0.134 e. The molecule has 4 atom stereocenters. The van der Waals surface area contributed by atoms with Gasteiger partial charge in [-0.05, 0) is 31.4 Å². The van der Waals surface area contributed by atoms with Crippen LogP contribution in [0, 0.1) is 17.8 Å². The summed E-state index contributed by atoms with van der Waals surface area (Å²) in [6.45, 7) is 1.74. The van der Waals surface area contributed by atoms with E-state index < -0.39 is 0 Å². The third-order valence-corrected chi connectivity index (χ3v) is 4.32. The molecule has 1 saturated carbocycles. The Kier molecular flexibility index (Phi) is 2.03. The number of hydrogen-bond acceptors (Lipinski definition) is 2. The summed E-state index contributed by atoms with van der Waals surface area (Å²) in [5.41, 5.74) is 0. The fourth-order valence-corrected chi connectivity index (χ4v) is 3.87. The minimum Gasteiger partial charge on any atom is -0.300 e. The normalized spacial score (nSPS) is 43.8. The molecule has 2 aliphatic carbocycles. The third-order valence-electron chi connectivity index (χ3n) is 3.13. The maximum absolute atomic E-state index is 11.4. The lowest BCUT2D eigenvalue weighted by Gasteiger charge is -2.23. The third kappa shape index (κ3) is 1.05. The Morgan fingerprint density at radius 1 is 1.42 bits per heavy atom. The first-order valence-corrected chi connectivity index (χ1v) is 5.74. The van der Waals surface area contributed by atoms with Gasteiger partial charge in [-0.25, -0.2) is 0 Å². The molecule has 1 nitrogen and oxygen atoms in total. The molecular weight excluding hydrogens is 168 g/mol. The van der Waals surface area contributed by atoms with Crippen LogP contribution in [0.2, 0.25) is 0 Å². The Bertz CT molecular complexity index is 234. The minimum absolute atomic E-state index is 0.315. The monoisotopic (exact) mass is 182 g/mol. The lowest BCUT2D eigenvalue weighted by molar-refractivity contribution is -0.121. The van der Waals surface area contributed by atoms with Gasteiger partial charge in [-0.15, -0.1) is 0 Å². The predicted octanol–water partition coefficient (Wildman–Crippen LogP) is 2.13. The van der Waals surface area contributed by atoms with Crippen molar-refractivity contribution in [3.05, 3.63) is 12.2 Å². The Hall–Kier alpha value is -0.240. The van der Waals surface area contributed by atoms with Crippen molar-refractivity contribution in [1.29, 1.82) is 0 Å². The van der Waals surface area contributed by atoms with Crippen LogP contribution in [0.1, 0.15) is 13.3 Å². The molecule has 0 heterocycles. The van der Waals surface area contributed by atoms with Crippen LogP contribution in [0.15, 0.2) is 12.2 Å². The summed E-state index contributed by atoms with van der Waals surface area (Å²) in [5, 5.41) is 0.567. The molecule has 0 aromatic carbocycles. The van der Waals surface area contributed by atoms with E-state index in [1.807, 2.05) is 11.8 Å². The first-order valence-electron chi connectivity index (χ1n) is 4.45. The zero-order chi connectivity index (χ0) is 8.72. The summed E-state index contributed by atoms with van der Waals surface area (Å²) >= 11 is 1.86. The van der Waals surface area contributed by atoms with E-state index >= 15 is 0 Å². The number of fused-ring (bicyclic) bond motifs is 2. The van der Waals surface area contributed by atoms with Gasteiger partial charge in [-0.2, -0.15) is 11.8 Å². The zero-order valence-corrected chi connectivity index (χ0v) is 8.30. The number of carbonyl (C=O) groups excluding carboxylic acids is 1. The van der Waals surface area contributed by atoms with E-state index in [1.54, 1.807) is 6.92 Å². The van der Waals surface area contributed by atoms with E-state index in [-0.39, 0.29) is 0 Å². The van der Waals surface area contributed by atoms with Crippen molar-refractivity contribution >= 4 is 17.5 Å². The molecule has 0 radical (unpaired) electrons. The van der Waals surface area contributed by atoms with Gasteiger partial charge in [0, 0.05) is 11.2 Å². The van der Waals surface area contributed by atoms with Crippen molar-refractivity contribution in [3.63, 3.8) is 0 Å². The fraction of sp³-hybridized carbons (Fsp3) is 0.700. The van der Waals surface area contributed by atoms with E-state index in [9.17, 15) is 4.79 Å². The van der Waals surface area contributed by atoms with Crippen molar-refractivity contribution in [2.45, 2.75) is 18.6 Å². The molecule has 0 unspecified atom stereocenters. The van der Waals surface area contributed by atoms with Crippen LogP contribution in [0.3, 0.4) is 0 Å². The van der Waals surface area contributed by atoms with Crippen molar-refractivity contribution in [2.75, 3.05) is 6.26 Å². The van der Waals surface area contributed by atoms with Crippen LogP contribution < -0.4 is 0 Å². The van der Waals surface area contributed by atoms with E-state index in [4.69, 9.17) is 0 Å². The molecule has 0 amide bonds. The summed E-state index contributed by atoms with van der Waals surface area (Å²) in [6, 6.07) is 0. The number of carbonyl (C=O) groups is 1. The average molecular weight is 182 g/mol. The Morgan fingerprint density at radius 2 is 2.08 bits per heavy atom. The Morgan fingerprint density at radius 3 is 2.58 bits per heavy atom. The van der Waals surface area contributed by atoms with Crippen LogP contribution in [-0.4, -0.2) is 17.3 Å². The van der Waals surface area contributed by atoms with E-state index in [0.717, 1.165) is 0 Å². The molecule has 0 aromatic rings. The summed E-state index contributed by atoms with van der Waals surface area (Å²) in [4.78, 5) is 11.4. The lowest BCUT2D eigenvalue weighted by Crippen LogP contribution is -2.27. The highest BCUT2D eigenvalue weighted by Crippen LogP contribution is 2.48. The second-order valence-corrected chi connectivity index (χ2v) is 4.80. The highest BCUT2D eigenvalue weighted by atomic mass is 32.2. The number of ketones is 1. The quantitative estimate of drug-likeness (QED) is 0.609. The Labute approximate surface area is 77.6 Å². The number of hydrogen-bond donors (Lipinski definition) is 0. The van der Waals surface area contributed by atoms with Gasteiger partial charge in [0.2, 0.25) is 0 Å². The Balaban J connectivity index is 2.23. The largest absolute Gasteiger partial charge is 0.300 e. The molecule has 0 aliphatic heterocycles. The molecule has 1 fully saturated rings. The van der Waals surface area contributed by atoms with Gasteiger partial charge in [0.15, 0.2) is 0 Å². The van der Waals surface area contributed by atoms with Crippen molar-refractivity contribution in [3.8, 4) is 0 Å². The molecule has 2 aliphatic rings. The number of rotatable bonds is 2. The van der Waals surface area contributed by atoms with Crippen LogP contribution in [0.25, 0.3) is 0 Å². The highest BCUT2D eigenvalue weighted by Gasteiger charge is 2.46. The summed E-state index contributed by atoms with van der Waals surface area (Å²) < 4.78 is 0. The average Bonchev–Trinajstić information content (AvgIpc) is 2.60. The summed E-state index contributed by atoms with van der Waals surface area (Å²) in [5.74, 6) is 1.94. The van der Waals surface area contributed by atoms with Gasteiger partial charge >= 0.3 is 0 Å². The van der Waals surface area contributed by atoms with Crippen LogP contribution >= 0.6 is 11.8 Å². The van der Waals surface area contributed by atoms with E-state index in [0.29, 0.717) is 28.8 Å². The zero-order valence-electron chi connectivity index (χ0n) is 7.49. The molecule has 0 saturated heterocycles. The number of thioether (sulfide) groups is 1. The molecule has 0 aromatic heterocycles. The fourth-order valence-electron chi connectivity index (χ4n) is 2.63. The van der Waals surface area contributed by atoms with Gasteiger partial charge in [0.05, 0.1) is 0 Å². The first kappa shape index (κ1) is 8.36. The van der Waals surface area contributed by atoms with Gasteiger partial charge in [0.25, 0.3) is 0 Å². The van der Waals surface area contributed by atoms with Crippen molar-refractivity contribution in [1.82, 2.24) is 0 Å². The second-order valence-electron chi connectivity index (χ2n) is 3.79. The summed E-state index contributed by atoms with van der Waals surface area (Å²) in [7, 11) is 0. The maximum Gasteiger partial charge on any atom is 0.134 e. The summed E-state index contributed by atoms with van der Waals surface area (Å²) in [6.07, 6.45) is 7.87. The second kappa shape index (κ2) is 2.91. The standard InChI is InChI=1S/C10H14OS/c1-6(11)9-7-3-4-8(5-7)10(9)12-2/h3-4,7-10H,5H2,1-2H3/t7-,8+,9-,10+/m1/s1. The molecule has 2 rings (SSSR count).